The highest BCUT2D eigenvalue weighted by Crippen LogP contribution is 2.38. The molecular formula is C17H15ClO5S. The molecule has 2 aromatic rings. The van der Waals surface area contributed by atoms with Gasteiger partial charge < -0.3 is 14.2 Å². The van der Waals surface area contributed by atoms with Gasteiger partial charge in [0, 0.05) is 15.3 Å². The Balaban J connectivity index is 1.70. The Morgan fingerprint density at radius 2 is 1.96 bits per heavy atom. The van der Waals surface area contributed by atoms with Gasteiger partial charge >= 0.3 is 5.97 Å². The van der Waals surface area contributed by atoms with E-state index in [2.05, 4.69) is 0 Å². The minimum absolute atomic E-state index is 0.218. The summed E-state index contributed by atoms with van der Waals surface area (Å²) in [4.78, 5) is 26.3. The van der Waals surface area contributed by atoms with E-state index in [1.807, 2.05) is 13.8 Å². The summed E-state index contributed by atoms with van der Waals surface area (Å²) in [6, 6.07) is 4.76. The number of benzene rings is 1. The van der Waals surface area contributed by atoms with Crippen molar-refractivity contribution in [1.82, 2.24) is 0 Å². The molecular weight excluding hydrogens is 352 g/mol. The number of fused-ring (bicyclic) bond motifs is 1. The fraction of sp³-hybridized carbons (Fsp3) is 0.294. The summed E-state index contributed by atoms with van der Waals surface area (Å²) in [5, 5.41) is 0.273. The molecule has 0 fully saturated rings. The Labute approximate surface area is 148 Å². The van der Waals surface area contributed by atoms with Crippen LogP contribution in [0.15, 0.2) is 18.2 Å². The molecule has 0 saturated carbocycles. The SMILES string of the molecule is Cc1cc(C(=O)COC(=O)c2cc(Cl)c3c(c2)OCCO3)c(C)s1. The van der Waals surface area contributed by atoms with E-state index in [0.29, 0.717) is 30.3 Å². The summed E-state index contributed by atoms with van der Waals surface area (Å²) in [6.07, 6.45) is 0. The van der Waals surface area contributed by atoms with Crippen molar-refractivity contribution in [2.45, 2.75) is 13.8 Å². The topological polar surface area (TPSA) is 61.8 Å². The van der Waals surface area contributed by atoms with E-state index >= 15 is 0 Å². The number of carbonyl (C=O) groups excluding carboxylic acids is 2. The van der Waals surface area contributed by atoms with Gasteiger partial charge in [-0.25, -0.2) is 4.79 Å². The van der Waals surface area contributed by atoms with Crippen LogP contribution in [0.2, 0.25) is 5.02 Å². The Morgan fingerprint density at radius 3 is 2.67 bits per heavy atom. The van der Waals surface area contributed by atoms with Crippen LogP contribution in [-0.2, 0) is 4.74 Å². The van der Waals surface area contributed by atoms with Crippen molar-refractivity contribution in [3.8, 4) is 11.5 Å². The number of aryl methyl sites for hydroxylation is 2. The summed E-state index contributed by atoms with van der Waals surface area (Å²) in [5.41, 5.74) is 0.806. The fourth-order valence-electron chi connectivity index (χ4n) is 2.43. The monoisotopic (exact) mass is 366 g/mol. The molecule has 24 heavy (non-hydrogen) atoms. The predicted octanol–water partition coefficient (Wildman–Crippen LogP) is 3.83. The third-order valence-corrected chi connectivity index (χ3v) is 4.75. The second-order valence-electron chi connectivity index (χ2n) is 5.31. The Kier molecular flexibility index (Phi) is 4.78. The number of hydrogen-bond acceptors (Lipinski definition) is 6. The third-order valence-electron chi connectivity index (χ3n) is 3.51. The molecule has 1 aromatic carbocycles. The third kappa shape index (κ3) is 3.39. The zero-order chi connectivity index (χ0) is 17.3. The lowest BCUT2D eigenvalue weighted by Gasteiger charge is -2.19. The number of esters is 1. The van der Waals surface area contributed by atoms with Crippen LogP contribution in [0, 0.1) is 13.8 Å². The minimum atomic E-state index is -0.633. The van der Waals surface area contributed by atoms with Crippen LogP contribution < -0.4 is 9.47 Å². The quantitative estimate of drug-likeness (QED) is 0.608. The maximum absolute atomic E-state index is 12.2. The van der Waals surface area contributed by atoms with Gasteiger partial charge in [-0.15, -0.1) is 11.3 Å². The summed E-state index contributed by atoms with van der Waals surface area (Å²) in [5.74, 6) is -0.0445. The molecule has 1 aromatic heterocycles. The first-order chi connectivity index (χ1) is 11.5. The van der Waals surface area contributed by atoms with Crippen molar-refractivity contribution < 1.29 is 23.8 Å². The smallest absolute Gasteiger partial charge is 0.338 e. The molecule has 7 heteroatoms. The zero-order valence-corrected chi connectivity index (χ0v) is 14.8. The van der Waals surface area contributed by atoms with Crippen LogP contribution in [0.1, 0.15) is 30.5 Å². The van der Waals surface area contributed by atoms with Crippen LogP contribution in [0.5, 0.6) is 11.5 Å². The first-order valence-corrected chi connectivity index (χ1v) is 8.51. The van der Waals surface area contributed by atoms with E-state index in [9.17, 15) is 9.59 Å². The molecule has 0 aliphatic carbocycles. The molecule has 5 nitrogen and oxygen atoms in total. The van der Waals surface area contributed by atoms with Crippen molar-refractivity contribution in [2.75, 3.05) is 19.8 Å². The number of rotatable bonds is 4. The number of ether oxygens (including phenoxy) is 3. The van der Waals surface area contributed by atoms with Gasteiger partial charge in [-0.3, -0.25) is 4.79 Å². The second kappa shape index (κ2) is 6.83. The van der Waals surface area contributed by atoms with Crippen molar-refractivity contribution in [3.63, 3.8) is 0 Å². The molecule has 0 amide bonds. The van der Waals surface area contributed by atoms with Crippen LogP contribution in [0.3, 0.4) is 0 Å². The normalized spacial score (nSPS) is 12.8. The van der Waals surface area contributed by atoms with Crippen LogP contribution >= 0.6 is 22.9 Å². The molecule has 0 N–H and O–H groups in total. The van der Waals surface area contributed by atoms with E-state index in [1.165, 1.54) is 23.5 Å². The summed E-state index contributed by atoms with van der Waals surface area (Å²) < 4.78 is 15.9. The number of thiophene rings is 1. The average molecular weight is 367 g/mol. The van der Waals surface area contributed by atoms with Gasteiger partial charge in [0.05, 0.1) is 10.6 Å². The maximum atomic E-state index is 12.2. The zero-order valence-electron chi connectivity index (χ0n) is 13.2. The summed E-state index contributed by atoms with van der Waals surface area (Å²) in [7, 11) is 0. The first-order valence-electron chi connectivity index (χ1n) is 7.32. The molecule has 126 valence electrons. The molecule has 1 aliphatic heterocycles. The van der Waals surface area contributed by atoms with Crippen molar-refractivity contribution in [3.05, 3.63) is 44.1 Å². The molecule has 1 aliphatic rings. The second-order valence-corrected chi connectivity index (χ2v) is 7.18. The molecule has 0 saturated heterocycles. The van der Waals surface area contributed by atoms with Crippen LogP contribution in [0.4, 0.5) is 0 Å². The standard InChI is InChI=1S/C17H15ClO5S/c1-9-5-12(10(2)24-9)14(19)8-23-17(20)11-6-13(18)16-15(7-11)21-3-4-22-16/h5-7H,3-4,8H2,1-2H3. The minimum Gasteiger partial charge on any atom is -0.486 e. The van der Waals surface area contributed by atoms with E-state index in [1.54, 1.807) is 6.07 Å². The van der Waals surface area contributed by atoms with E-state index in [4.69, 9.17) is 25.8 Å². The van der Waals surface area contributed by atoms with Crippen molar-refractivity contribution >= 4 is 34.7 Å². The van der Waals surface area contributed by atoms with Gasteiger partial charge in [0.25, 0.3) is 0 Å². The molecule has 3 rings (SSSR count). The van der Waals surface area contributed by atoms with E-state index < -0.39 is 5.97 Å². The first kappa shape index (κ1) is 16.8. The fourth-order valence-corrected chi connectivity index (χ4v) is 3.64. The highest BCUT2D eigenvalue weighted by Gasteiger charge is 2.21. The Morgan fingerprint density at radius 1 is 1.21 bits per heavy atom. The van der Waals surface area contributed by atoms with Crippen molar-refractivity contribution in [2.24, 2.45) is 0 Å². The number of hydrogen-bond donors (Lipinski definition) is 0. The van der Waals surface area contributed by atoms with Gasteiger partial charge in [-0.1, -0.05) is 11.6 Å². The lowest BCUT2D eigenvalue weighted by atomic mass is 10.1. The van der Waals surface area contributed by atoms with Gasteiger partial charge in [-0.05, 0) is 32.0 Å². The van der Waals surface area contributed by atoms with Gasteiger partial charge in [-0.2, -0.15) is 0 Å². The Hall–Kier alpha value is -2.05. The van der Waals surface area contributed by atoms with Crippen LogP contribution in [0.25, 0.3) is 0 Å². The molecule has 0 bridgehead atoms. The van der Waals surface area contributed by atoms with Gasteiger partial charge in [0.15, 0.2) is 18.1 Å². The number of ketones is 1. The Bertz CT molecular complexity index is 812. The largest absolute Gasteiger partial charge is 0.486 e. The van der Waals surface area contributed by atoms with E-state index in [0.717, 1.165) is 9.75 Å². The number of halogens is 1. The molecule has 0 radical (unpaired) electrons. The highest BCUT2D eigenvalue weighted by molar-refractivity contribution is 7.12. The predicted molar refractivity (Wildman–Crippen MR) is 90.8 cm³/mol. The van der Waals surface area contributed by atoms with Crippen LogP contribution in [-0.4, -0.2) is 31.6 Å². The maximum Gasteiger partial charge on any atom is 0.338 e. The van der Waals surface area contributed by atoms with Gasteiger partial charge in [0.2, 0.25) is 5.78 Å². The molecule has 0 unspecified atom stereocenters. The molecule has 0 spiro atoms. The summed E-state index contributed by atoms with van der Waals surface area (Å²) >= 11 is 7.63. The lowest BCUT2D eigenvalue weighted by molar-refractivity contribution is 0.0474. The van der Waals surface area contributed by atoms with Gasteiger partial charge in [0.1, 0.15) is 13.2 Å². The molecule has 0 atom stereocenters. The average Bonchev–Trinajstić information content (AvgIpc) is 2.90. The highest BCUT2D eigenvalue weighted by atomic mass is 35.5. The van der Waals surface area contributed by atoms with Crippen molar-refractivity contribution in [1.29, 1.82) is 0 Å². The van der Waals surface area contributed by atoms with E-state index in [-0.39, 0.29) is 23.0 Å². The number of Topliss-reactive ketones (excluding diaryl/α,β-unsaturated/α-hetero) is 1. The lowest BCUT2D eigenvalue weighted by Crippen LogP contribution is -2.17. The summed E-state index contributed by atoms with van der Waals surface area (Å²) in [6.45, 7) is 4.27. The number of carbonyl (C=O) groups is 2. The molecule has 2 heterocycles.